The number of likely N-dealkylation sites (N-methyl/N-ethyl adjacent to an activating group) is 1. The van der Waals surface area contributed by atoms with Gasteiger partial charge < -0.3 is 10.6 Å². The lowest BCUT2D eigenvalue weighted by Gasteiger charge is -2.06. The number of aryl methyl sites for hydroxylation is 1. The maximum atomic E-state index is 12.0. The summed E-state index contributed by atoms with van der Waals surface area (Å²) in [4.78, 5) is 22.6. The first kappa shape index (κ1) is 16.2. The Bertz CT molecular complexity index is 579. The van der Waals surface area contributed by atoms with Gasteiger partial charge in [0, 0.05) is 13.5 Å². The Balaban J connectivity index is 2.53. The van der Waals surface area contributed by atoms with E-state index in [1.807, 2.05) is 6.92 Å². The number of hydrogen-bond acceptors (Lipinski definition) is 4. The molecule has 6 nitrogen and oxygen atoms in total. The van der Waals surface area contributed by atoms with Crippen molar-refractivity contribution in [3.05, 3.63) is 29.8 Å². The highest BCUT2D eigenvalue weighted by Crippen LogP contribution is 2.12. The maximum Gasteiger partial charge on any atom is 0.239 e. The minimum atomic E-state index is -3.48. The van der Waals surface area contributed by atoms with Gasteiger partial charge in [0.15, 0.2) is 9.84 Å². The maximum absolute atomic E-state index is 12.0. The summed E-state index contributed by atoms with van der Waals surface area (Å²) in [5.41, 5.74) is 0.965. The van der Waals surface area contributed by atoms with Gasteiger partial charge in [-0.25, -0.2) is 8.42 Å². The van der Waals surface area contributed by atoms with Crippen LogP contribution in [0.25, 0.3) is 0 Å². The van der Waals surface area contributed by atoms with E-state index in [-0.39, 0.29) is 29.5 Å². The molecular weight excluding hydrogens is 280 g/mol. The molecule has 0 aliphatic heterocycles. The summed E-state index contributed by atoms with van der Waals surface area (Å²) >= 11 is 0. The molecule has 110 valence electrons. The zero-order chi connectivity index (χ0) is 15.2. The van der Waals surface area contributed by atoms with Gasteiger partial charge >= 0.3 is 0 Å². The number of amides is 2. The first-order valence-corrected chi connectivity index (χ1v) is 7.77. The van der Waals surface area contributed by atoms with Crippen molar-refractivity contribution in [1.29, 1.82) is 0 Å². The Labute approximate surface area is 118 Å². The van der Waals surface area contributed by atoms with Crippen LogP contribution in [0, 0.1) is 6.92 Å². The van der Waals surface area contributed by atoms with Crippen LogP contribution in [-0.2, 0) is 19.4 Å². The van der Waals surface area contributed by atoms with Crippen molar-refractivity contribution >= 4 is 21.7 Å². The molecule has 20 heavy (non-hydrogen) atoms. The van der Waals surface area contributed by atoms with E-state index in [2.05, 4.69) is 10.6 Å². The molecule has 0 aliphatic carbocycles. The lowest BCUT2D eigenvalue weighted by molar-refractivity contribution is -0.125. The SMILES string of the molecule is CNC(=O)CNC(=O)CCS(=O)(=O)c1ccc(C)cc1. The van der Waals surface area contributed by atoms with E-state index in [9.17, 15) is 18.0 Å². The van der Waals surface area contributed by atoms with Crippen LogP contribution in [0.2, 0.25) is 0 Å². The van der Waals surface area contributed by atoms with Gasteiger partial charge in [0.25, 0.3) is 0 Å². The topological polar surface area (TPSA) is 92.3 Å². The summed E-state index contributed by atoms with van der Waals surface area (Å²) in [6.07, 6.45) is -0.173. The van der Waals surface area contributed by atoms with E-state index < -0.39 is 15.7 Å². The lowest BCUT2D eigenvalue weighted by atomic mass is 10.2. The van der Waals surface area contributed by atoms with Gasteiger partial charge in [0.1, 0.15) is 0 Å². The van der Waals surface area contributed by atoms with Gasteiger partial charge in [0.2, 0.25) is 11.8 Å². The fourth-order valence-electron chi connectivity index (χ4n) is 1.45. The first-order valence-electron chi connectivity index (χ1n) is 6.12. The van der Waals surface area contributed by atoms with Crippen molar-refractivity contribution in [3.8, 4) is 0 Å². The molecule has 0 spiro atoms. The van der Waals surface area contributed by atoms with Crippen molar-refractivity contribution in [3.63, 3.8) is 0 Å². The van der Waals surface area contributed by atoms with Crippen LogP contribution in [-0.4, -0.2) is 39.6 Å². The van der Waals surface area contributed by atoms with E-state index in [0.717, 1.165) is 5.56 Å². The van der Waals surface area contributed by atoms with E-state index in [4.69, 9.17) is 0 Å². The van der Waals surface area contributed by atoms with Crippen LogP contribution < -0.4 is 10.6 Å². The van der Waals surface area contributed by atoms with Crippen molar-refractivity contribution in [2.45, 2.75) is 18.2 Å². The normalized spacial score (nSPS) is 10.9. The molecule has 0 fully saturated rings. The molecule has 1 aromatic rings. The Morgan fingerprint density at radius 1 is 1.10 bits per heavy atom. The zero-order valence-corrected chi connectivity index (χ0v) is 12.3. The summed E-state index contributed by atoms with van der Waals surface area (Å²) in [6, 6.07) is 6.46. The van der Waals surface area contributed by atoms with Crippen molar-refractivity contribution in [1.82, 2.24) is 10.6 Å². The third-order valence-electron chi connectivity index (χ3n) is 2.70. The molecule has 0 unspecified atom stereocenters. The lowest BCUT2D eigenvalue weighted by Crippen LogP contribution is -2.35. The summed E-state index contributed by atoms with van der Waals surface area (Å²) < 4.78 is 24.0. The molecule has 0 heterocycles. The summed E-state index contributed by atoms with van der Waals surface area (Å²) in [5.74, 6) is -1.08. The largest absolute Gasteiger partial charge is 0.358 e. The van der Waals surface area contributed by atoms with E-state index in [1.165, 1.54) is 19.2 Å². The second-order valence-electron chi connectivity index (χ2n) is 4.33. The molecule has 1 rings (SSSR count). The quantitative estimate of drug-likeness (QED) is 0.774. The Morgan fingerprint density at radius 2 is 1.70 bits per heavy atom. The predicted octanol–water partition coefficient (Wildman–Crippen LogP) is 0.0210. The Kier molecular flexibility index (Phi) is 5.69. The molecule has 0 bridgehead atoms. The molecule has 2 N–H and O–H groups in total. The van der Waals surface area contributed by atoms with E-state index >= 15 is 0 Å². The molecule has 7 heteroatoms. The third-order valence-corrected chi connectivity index (χ3v) is 4.43. The van der Waals surface area contributed by atoms with Gasteiger partial charge in [-0.05, 0) is 19.1 Å². The summed E-state index contributed by atoms with van der Waals surface area (Å²) in [6.45, 7) is 1.71. The average molecular weight is 298 g/mol. The second kappa shape index (κ2) is 7.04. The first-order chi connectivity index (χ1) is 9.35. The highest BCUT2D eigenvalue weighted by molar-refractivity contribution is 7.91. The number of sulfone groups is 1. The van der Waals surface area contributed by atoms with Crippen LogP contribution in [0.5, 0.6) is 0 Å². The molecule has 0 atom stereocenters. The van der Waals surface area contributed by atoms with Crippen molar-refractivity contribution in [2.24, 2.45) is 0 Å². The summed E-state index contributed by atoms with van der Waals surface area (Å²) in [7, 11) is -2.02. The van der Waals surface area contributed by atoms with E-state index in [1.54, 1.807) is 12.1 Å². The van der Waals surface area contributed by atoms with Gasteiger partial charge in [-0.3, -0.25) is 9.59 Å². The smallest absolute Gasteiger partial charge is 0.239 e. The standard InChI is InChI=1S/C13H18N2O4S/c1-10-3-5-11(6-4-10)20(18,19)8-7-12(16)15-9-13(17)14-2/h3-6H,7-9H2,1-2H3,(H,14,17)(H,15,16). The van der Waals surface area contributed by atoms with Crippen LogP contribution in [0.3, 0.4) is 0 Å². The summed E-state index contributed by atoms with van der Waals surface area (Å²) in [5, 5.41) is 4.70. The van der Waals surface area contributed by atoms with Crippen LogP contribution in [0.15, 0.2) is 29.2 Å². The molecule has 0 saturated heterocycles. The number of benzene rings is 1. The average Bonchev–Trinajstić information content (AvgIpc) is 2.43. The molecule has 2 amide bonds. The van der Waals surface area contributed by atoms with Gasteiger partial charge in [0.05, 0.1) is 17.2 Å². The van der Waals surface area contributed by atoms with Crippen LogP contribution >= 0.6 is 0 Å². The Hall–Kier alpha value is -1.89. The molecule has 0 aromatic heterocycles. The molecular formula is C13H18N2O4S. The number of nitrogens with one attached hydrogen (secondary N) is 2. The molecule has 0 saturated carbocycles. The molecule has 0 aliphatic rings. The van der Waals surface area contributed by atoms with Gasteiger partial charge in [-0.15, -0.1) is 0 Å². The predicted molar refractivity (Wildman–Crippen MR) is 74.9 cm³/mol. The van der Waals surface area contributed by atoms with Crippen LogP contribution in [0.4, 0.5) is 0 Å². The monoisotopic (exact) mass is 298 g/mol. The number of carbonyl (C=O) groups excluding carboxylic acids is 2. The fraction of sp³-hybridized carbons (Fsp3) is 0.385. The second-order valence-corrected chi connectivity index (χ2v) is 6.44. The van der Waals surface area contributed by atoms with Crippen molar-refractivity contribution < 1.29 is 18.0 Å². The third kappa shape index (κ3) is 5.00. The highest BCUT2D eigenvalue weighted by atomic mass is 32.2. The van der Waals surface area contributed by atoms with Gasteiger partial charge in [-0.2, -0.15) is 0 Å². The number of rotatable bonds is 6. The number of hydrogen-bond donors (Lipinski definition) is 2. The zero-order valence-electron chi connectivity index (χ0n) is 11.5. The molecule has 1 aromatic carbocycles. The van der Waals surface area contributed by atoms with Crippen molar-refractivity contribution in [2.75, 3.05) is 19.3 Å². The minimum Gasteiger partial charge on any atom is -0.358 e. The van der Waals surface area contributed by atoms with E-state index in [0.29, 0.717) is 0 Å². The molecule has 0 radical (unpaired) electrons. The van der Waals surface area contributed by atoms with Gasteiger partial charge in [-0.1, -0.05) is 17.7 Å². The number of carbonyl (C=O) groups is 2. The highest BCUT2D eigenvalue weighted by Gasteiger charge is 2.16. The minimum absolute atomic E-state index is 0.153. The fourth-order valence-corrected chi connectivity index (χ4v) is 2.69. The van der Waals surface area contributed by atoms with Crippen LogP contribution in [0.1, 0.15) is 12.0 Å². The Morgan fingerprint density at radius 3 is 2.25 bits per heavy atom.